The van der Waals surface area contributed by atoms with Crippen LogP contribution in [0.15, 0.2) is 23.1 Å². The van der Waals surface area contributed by atoms with Crippen molar-refractivity contribution in [2.24, 2.45) is 0 Å². The molecule has 0 spiro atoms. The third kappa shape index (κ3) is 4.86. The molecule has 6 nitrogen and oxygen atoms in total. The monoisotopic (exact) mass is 348 g/mol. The van der Waals surface area contributed by atoms with Crippen LogP contribution in [-0.2, 0) is 14.8 Å². The molecule has 0 aliphatic heterocycles. The van der Waals surface area contributed by atoms with E-state index in [0.29, 0.717) is 13.2 Å². The molecular formula is C14H21ClN2O4S. The van der Waals surface area contributed by atoms with E-state index in [1.807, 2.05) is 6.92 Å². The number of sulfonamides is 1. The quantitative estimate of drug-likeness (QED) is 0.778. The molecule has 0 radical (unpaired) electrons. The van der Waals surface area contributed by atoms with Crippen LogP contribution < -0.4 is 10.1 Å². The lowest BCUT2D eigenvalue weighted by Gasteiger charge is -2.19. The lowest BCUT2D eigenvalue weighted by molar-refractivity contribution is -0.121. The third-order valence-electron chi connectivity index (χ3n) is 2.83. The summed E-state index contributed by atoms with van der Waals surface area (Å²) < 4.78 is 31.5. The maximum absolute atomic E-state index is 12.6. The van der Waals surface area contributed by atoms with Crippen LogP contribution in [0.5, 0.6) is 5.75 Å². The molecule has 1 rings (SSSR count). The topological polar surface area (TPSA) is 75.7 Å². The van der Waals surface area contributed by atoms with Crippen molar-refractivity contribution in [3.05, 3.63) is 23.2 Å². The van der Waals surface area contributed by atoms with Crippen LogP contribution in [0.1, 0.15) is 20.3 Å². The summed E-state index contributed by atoms with van der Waals surface area (Å²) in [5, 5.41) is 2.92. The number of nitrogens with one attached hydrogen (secondary N) is 1. The van der Waals surface area contributed by atoms with E-state index in [9.17, 15) is 13.2 Å². The summed E-state index contributed by atoms with van der Waals surface area (Å²) in [5.41, 5.74) is 0. The van der Waals surface area contributed by atoms with Crippen LogP contribution >= 0.6 is 11.6 Å². The standard InChI is InChI=1S/C14H21ClN2O4S/c1-4-8-16-14(18)10-17(3)22(19,20)13-9-11(15)6-7-12(13)21-5-2/h6-7,9H,4-5,8,10H2,1-3H3,(H,16,18). The van der Waals surface area contributed by atoms with Gasteiger partial charge in [-0.2, -0.15) is 4.31 Å². The number of halogens is 1. The van der Waals surface area contributed by atoms with Gasteiger partial charge in [-0.05, 0) is 31.5 Å². The average Bonchev–Trinajstić information content (AvgIpc) is 2.47. The molecule has 0 aliphatic carbocycles. The highest BCUT2D eigenvalue weighted by atomic mass is 35.5. The Bertz CT molecular complexity index is 619. The second-order valence-corrected chi connectivity index (χ2v) is 7.08. The summed E-state index contributed by atoms with van der Waals surface area (Å²) in [7, 11) is -2.53. The fourth-order valence-corrected chi connectivity index (χ4v) is 3.25. The van der Waals surface area contributed by atoms with Crippen molar-refractivity contribution >= 4 is 27.5 Å². The molecule has 22 heavy (non-hydrogen) atoms. The molecule has 1 N–H and O–H groups in total. The number of nitrogens with zero attached hydrogens (tertiary/aromatic N) is 1. The summed E-state index contributed by atoms with van der Waals surface area (Å²) >= 11 is 5.88. The molecule has 1 amide bonds. The van der Waals surface area contributed by atoms with E-state index in [1.54, 1.807) is 13.0 Å². The SMILES string of the molecule is CCCNC(=O)CN(C)S(=O)(=O)c1cc(Cl)ccc1OCC. The molecule has 0 atom stereocenters. The van der Waals surface area contributed by atoms with E-state index < -0.39 is 10.0 Å². The third-order valence-corrected chi connectivity index (χ3v) is 4.89. The number of benzene rings is 1. The second-order valence-electron chi connectivity index (χ2n) is 4.64. The summed E-state index contributed by atoms with van der Waals surface area (Å²) in [5.74, 6) is -0.138. The Hall–Kier alpha value is -1.31. The number of hydrogen-bond donors (Lipinski definition) is 1. The highest BCUT2D eigenvalue weighted by Crippen LogP contribution is 2.29. The minimum Gasteiger partial charge on any atom is -0.492 e. The number of carbonyl (C=O) groups excluding carboxylic acids is 1. The molecule has 124 valence electrons. The van der Waals surface area contributed by atoms with Crippen LogP contribution in [0.25, 0.3) is 0 Å². The van der Waals surface area contributed by atoms with E-state index >= 15 is 0 Å². The Labute approximate surface area is 136 Å². The van der Waals surface area contributed by atoms with Gasteiger partial charge in [-0.1, -0.05) is 18.5 Å². The molecule has 0 saturated heterocycles. The van der Waals surface area contributed by atoms with Crippen molar-refractivity contribution in [1.82, 2.24) is 9.62 Å². The predicted octanol–water partition coefficient (Wildman–Crippen LogP) is 1.89. The van der Waals surface area contributed by atoms with Crippen LogP contribution in [0.4, 0.5) is 0 Å². The van der Waals surface area contributed by atoms with Crippen molar-refractivity contribution in [3.8, 4) is 5.75 Å². The van der Waals surface area contributed by atoms with Crippen molar-refractivity contribution in [2.75, 3.05) is 26.7 Å². The van der Waals surface area contributed by atoms with E-state index in [1.165, 1.54) is 19.2 Å². The molecule has 8 heteroatoms. The van der Waals surface area contributed by atoms with Crippen molar-refractivity contribution in [1.29, 1.82) is 0 Å². The van der Waals surface area contributed by atoms with E-state index in [4.69, 9.17) is 16.3 Å². The zero-order valence-electron chi connectivity index (χ0n) is 12.9. The summed E-state index contributed by atoms with van der Waals surface area (Å²) in [6.45, 7) is 4.24. The summed E-state index contributed by atoms with van der Waals surface area (Å²) in [6, 6.07) is 4.38. The van der Waals surface area contributed by atoms with Crippen LogP contribution in [0, 0.1) is 0 Å². The van der Waals surface area contributed by atoms with E-state index in [-0.39, 0.29) is 28.1 Å². The van der Waals surface area contributed by atoms with Gasteiger partial charge in [0.1, 0.15) is 10.6 Å². The first-order valence-electron chi connectivity index (χ1n) is 6.98. The van der Waals surface area contributed by atoms with E-state index in [2.05, 4.69) is 5.32 Å². The molecule has 1 aromatic carbocycles. The number of hydrogen-bond acceptors (Lipinski definition) is 4. The second kappa shape index (κ2) is 8.36. The fraction of sp³-hybridized carbons (Fsp3) is 0.500. The van der Waals surface area contributed by atoms with Gasteiger partial charge in [0.2, 0.25) is 15.9 Å². The van der Waals surface area contributed by atoms with Gasteiger partial charge in [-0.15, -0.1) is 0 Å². The van der Waals surface area contributed by atoms with Crippen molar-refractivity contribution in [2.45, 2.75) is 25.2 Å². The smallest absolute Gasteiger partial charge is 0.247 e. The van der Waals surface area contributed by atoms with Gasteiger partial charge in [0.15, 0.2) is 0 Å². The normalized spacial score (nSPS) is 11.5. The number of rotatable bonds is 8. The molecule has 1 aromatic rings. The van der Waals surface area contributed by atoms with Crippen LogP contribution in [-0.4, -0.2) is 45.4 Å². The van der Waals surface area contributed by atoms with Gasteiger partial charge in [0.05, 0.1) is 13.2 Å². The molecule has 0 fully saturated rings. The van der Waals surface area contributed by atoms with Gasteiger partial charge in [-0.3, -0.25) is 4.79 Å². The lowest BCUT2D eigenvalue weighted by atomic mass is 10.3. The lowest BCUT2D eigenvalue weighted by Crippen LogP contribution is -2.38. The Balaban J connectivity index is 3.02. The number of ether oxygens (including phenoxy) is 1. The minimum absolute atomic E-state index is 0.0485. The first-order valence-corrected chi connectivity index (χ1v) is 8.80. The minimum atomic E-state index is -3.87. The summed E-state index contributed by atoms with van der Waals surface area (Å²) in [4.78, 5) is 11.6. The Kier molecular flexibility index (Phi) is 7.12. The highest BCUT2D eigenvalue weighted by molar-refractivity contribution is 7.89. The number of carbonyl (C=O) groups is 1. The Morgan fingerprint density at radius 1 is 1.36 bits per heavy atom. The van der Waals surface area contributed by atoms with Gasteiger partial charge in [0, 0.05) is 18.6 Å². The zero-order chi connectivity index (χ0) is 16.8. The van der Waals surface area contributed by atoms with Crippen molar-refractivity contribution in [3.63, 3.8) is 0 Å². The van der Waals surface area contributed by atoms with Crippen molar-refractivity contribution < 1.29 is 17.9 Å². The highest BCUT2D eigenvalue weighted by Gasteiger charge is 2.26. The van der Waals surface area contributed by atoms with Crippen LogP contribution in [0.2, 0.25) is 5.02 Å². The number of amides is 1. The summed E-state index contributed by atoms with van der Waals surface area (Å²) in [6.07, 6.45) is 0.783. The predicted molar refractivity (Wildman–Crippen MR) is 85.7 cm³/mol. The van der Waals surface area contributed by atoms with Gasteiger partial charge < -0.3 is 10.1 Å². The molecule has 0 aromatic heterocycles. The first-order chi connectivity index (χ1) is 10.3. The maximum Gasteiger partial charge on any atom is 0.247 e. The molecule has 0 saturated carbocycles. The van der Waals surface area contributed by atoms with Gasteiger partial charge >= 0.3 is 0 Å². The van der Waals surface area contributed by atoms with Gasteiger partial charge in [-0.25, -0.2) is 8.42 Å². The molecule has 0 heterocycles. The molecule has 0 aliphatic rings. The largest absolute Gasteiger partial charge is 0.492 e. The maximum atomic E-state index is 12.6. The van der Waals surface area contributed by atoms with E-state index in [0.717, 1.165) is 10.7 Å². The first kappa shape index (κ1) is 18.7. The van der Waals surface area contributed by atoms with Gasteiger partial charge in [0.25, 0.3) is 0 Å². The Morgan fingerprint density at radius 2 is 2.05 bits per heavy atom. The molecular weight excluding hydrogens is 328 g/mol. The Morgan fingerprint density at radius 3 is 2.64 bits per heavy atom. The number of likely N-dealkylation sites (N-methyl/N-ethyl adjacent to an activating group) is 1. The molecule has 0 bridgehead atoms. The average molecular weight is 349 g/mol. The zero-order valence-corrected chi connectivity index (χ0v) is 14.5. The fourth-order valence-electron chi connectivity index (χ4n) is 1.73. The molecule has 0 unspecified atom stereocenters. The van der Waals surface area contributed by atoms with Crippen LogP contribution in [0.3, 0.4) is 0 Å².